The van der Waals surface area contributed by atoms with Crippen LogP contribution in [0.15, 0.2) is 12.3 Å². The number of nitrogens with two attached hydrogens (primary N) is 1. The van der Waals surface area contributed by atoms with Gasteiger partial charge in [0.2, 0.25) is 0 Å². The zero-order valence-electron chi connectivity index (χ0n) is 14.3. The zero-order chi connectivity index (χ0) is 16.4. The summed E-state index contributed by atoms with van der Waals surface area (Å²) in [6.45, 7) is 11.9. The molecule has 122 valence electrons. The Labute approximate surface area is 133 Å². The summed E-state index contributed by atoms with van der Waals surface area (Å²) in [6.07, 6.45) is 2.56. The molecule has 1 aromatic heterocycles. The normalized spacial score (nSPS) is 19.6. The fraction of sp³-hybridized carbons (Fsp3) is 0.688. The molecule has 0 amide bonds. The standard InChI is InChI=1S/C16H27BN2O3/c1-6-20-11-12-9-13(10-19-14(12)7-8-18)17-21-15(2,3)16(4,5)22-17/h9-10H,6-8,11,18H2,1-5H3. The molecule has 22 heavy (non-hydrogen) atoms. The maximum Gasteiger partial charge on any atom is 0.496 e. The van der Waals surface area contributed by atoms with Crippen molar-refractivity contribution in [3.8, 4) is 0 Å². The monoisotopic (exact) mass is 306 g/mol. The number of aromatic nitrogens is 1. The van der Waals surface area contributed by atoms with E-state index >= 15 is 0 Å². The van der Waals surface area contributed by atoms with Gasteiger partial charge in [0.1, 0.15) is 0 Å². The number of rotatable bonds is 6. The van der Waals surface area contributed by atoms with E-state index in [1.54, 1.807) is 0 Å². The van der Waals surface area contributed by atoms with E-state index in [9.17, 15) is 0 Å². The summed E-state index contributed by atoms with van der Waals surface area (Å²) in [5, 5.41) is 0. The van der Waals surface area contributed by atoms with Gasteiger partial charge >= 0.3 is 7.12 Å². The Hall–Kier alpha value is -0.945. The van der Waals surface area contributed by atoms with Gasteiger partial charge < -0.3 is 19.8 Å². The summed E-state index contributed by atoms with van der Waals surface area (Å²) < 4.78 is 17.7. The first-order chi connectivity index (χ1) is 10.3. The lowest BCUT2D eigenvalue weighted by Crippen LogP contribution is -2.41. The Morgan fingerprint density at radius 1 is 1.23 bits per heavy atom. The van der Waals surface area contributed by atoms with Crippen LogP contribution in [0, 0.1) is 0 Å². The van der Waals surface area contributed by atoms with Crippen molar-refractivity contribution in [2.75, 3.05) is 13.2 Å². The molecule has 2 heterocycles. The number of hydrogen-bond acceptors (Lipinski definition) is 5. The molecule has 0 unspecified atom stereocenters. The van der Waals surface area contributed by atoms with Crippen molar-refractivity contribution in [1.29, 1.82) is 0 Å². The van der Waals surface area contributed by atoms with Crippen molar-refractivity contribution < 1.29 is 14.0 Å². The molecule has 0 radical (unpaired) electrons. The molecule has 0 aliphatic carbocycles. The molecule has 1 fully saturated rings. The van der Waals surface area contributed by atoms with Crippen molar-refractivity contribution in [2.45, 2.75) is 58.8 Å². The first-order valence-electron chi connectivity index (χ1n) is 7.92. The highest BCUT2D eigenvalue weighted by molar-refractivity contribution is 6.62. The summed E-state index contributed by atoms with van der Waals surface area (Å²) in [5.41, 5.74) is 7.92. The Bertz CT molecular complexity index is 504. The van der Waals surface area contributed by atoms with Gasteiger partial charge in [-0.1, -0.05) is 6.07 Å². The molecule has 1 saturated heterocycles. The average Bonchev–Trinajstić information content (AvgIpc) is 2.66. The first-order valence-corrected chi connectivity index (χ1v) is 7.92. The summed E-state index contributed by atoms with van der Waals surface area (Å²) in [7, 11) is -0.398. The summed E-state index contributed by atoms with van der Waals surface area (Å²) in [4.78, 5) is 4.54. The van der Waals surface area contributed by atoms with Gasteiger partial charge in [-0.15, -0.1) is 0 Å². The van der Waals surface area contributed by atoms with Crippen molar-refractivity contribution in [1.82, 2.24) is 4.98 Å². The quantitative estimate of drug-likeness (QED) is 0.805. The predicted molar refractivity (Wildman–Crippen MR) is 88.0 cm³/mol. The SMILES string of the molecule is CCOCc1cc(B2OC(C)(C)C(C)(C)O2)cnc1CCN. The van der Waals surface area contributed by atoms with Crippen molar-refractivity contribution in [2.24, 2.45) is 5.73 Å². The second-order valence-corrected chi connectivity index (χ2v) is 6.64. The van der Waals surface area contributed by atoms with Gasteiger partial charge in [0.25, 0.3) is 0 Å². The minimum absolute atomic E-state index is 0.353. The van der Waals surface area contributed by atoms with E-state index in [2.05, 4.69) is 11.1 Å². The lowest BCUT2D eigenvalue weighted by molar-refractivity contribution is 0.00578. The highest BCUT2D eigenvalue weighted by atomic mass is 16.7. The maximum absolute atomic E-state index is 6.08. The van der Waals surface area contributed by atoms with E-state index in [0.717, 1.165) is 23.1 Å². The van der Waals surface area contributed by atoms with Gasteiger partial charge in [0.15, 0.2) is 0 Å². The lowest BCUT2D eigenvalue weighted by atomic mass is 9.79. The molecular weight excluding hydrogens is 279 g/mol. The van der Waals surface area contributed by atoms with E-state index in [4.69, 9.17) is 19.8 Å². The maximum atomic E-state index is 6.08. The largest absolute Gasteiger partial charge is 0.496 e. The lowest BCUT2D eigenvalue weighted by Gasteiger charge is -2.32. The Morgan fingerprint density at radius 2 is 1.86 bits per heavy atom. The van der Waals surface area contributed by atoms with Gasteiger partial charge in [-0.2, -0.15) is 0 Å². The van der Waals surface area contributed by atoms with Gasteiger partial charge in [-0.05, 0) is 46.7 Å². The summed E-state index contributed by atoms with van der Waals surface area (Å²) >= 11 is 0. The van der Waals surface area contributed by atoms with Crippen molar-refractivity contribution in [3.05, 3.63) is 23.5 Å². The third-order valence-electron chi connectivity index (χ3n) is 4.45. The minimum atomic E-state index is -0.398. The van der Waals surface area contributed by atoms with Crippen LogP contribution < -0.4 is 11.2 Å². The fourth-order valence-electron chi connectivity index (χ4n) is 2.36. The molecular formula is C16H27BN2O3. The minimum Gasteiger partial charge on any atom is -0.399 e. The van der Waals surface area contributed by atoms with Crippen molar-refractivity contribution in [3.63, 3.8) is 0 Å². The van der Waals surface area contributed by atoms with Gasteiger partial charge in [-0.25, -0.2) is 0 Å². The molecule has 0 bridgehead atoms. The highest BCUT2D eigenvalue weighted by Gasteiger charge is 2.51. The van der Waals surface area contributed by atoms with Crippen LogP contribution in [0.5, 0.6) is 0 Å². The van der Waals surface area contributed by atoms with Crippen LogP contribution in [0.25, 0.3) is 0 Å². The summed E-state index contributed by atoms with van der Waals surface area (Å²) in [5.74, 6) is 0. The van der Waals surface area contributed by atoms with Crippen LogP contribution in [-0.2, 0) is 27.1 Å². The second-order valence-electron chi connectivity index (χ2n) is 6.64. The molecule has 1 aromatic rings. The number of pyridine rings is 1. The third-order valence-corrected chi connectivity index (χ3v) is 4.45. The number of ether oxygens (including phenoxy) is 1. The fourth-order valence-corrected chi connectivity index (χ4v) is 2.36. The van der Waals surface area contributed by atoms with E-state index in [0.29, 0.717) is 19.8 Å². The predicted octanol–water partition coefficient (Wildman–Crippen LogP) is 1.42. The molecule has 0 saturated carbocycles. The van der Waals surface area contributed by atoms with E-state index in [-0.39, 0.29) is 11.2 Å². The third kappa shape index (κ3) is 3.51. The molecule has 2 N–H and O–H groups in total. The van der Waals surface area contributed by atoms with Crippen LogP contribution in [-0.4, -0.2) is 36.5 Å². The van der Waals surface area contributed by atoms with Crippen LogP contribution in [0.1, 0.15) is 45.9 Å². The van der Waals surface area contributed by atoms with Crippen LogP contribution in [0.2, 0.25) is 0 Å². The molecule has 0 atom stereocenters. The topological polar surface area (TPSA) is 66.6 Å². The average molecular weight is 306 g/mol. The van der Waals surface area contributed by atoms with E-state index < -0.39 is 7.12 Å². The molecule has 5 nitrogen and oxygen atoms in total. The van der Waals surface area contributed by atoms with E-state index in [1.165, 1.54) is 0 Å². The summed E-state index contributed by atoms with van der Waals surface area (Å²) in [6, 6.07) is 2.07. The molecule has 1 aliphatic rings. The first kappa shape index (κ1) is 17.4. The molecule has 0 aromatic carbocycles. The second kappa shape index (κ2) is 6.66. The highest BCUT2D eigenvalue weighted by Crippen LogP contribution is 2.36. The number of hydrogen-bond donors (Lipinski definition) is 1. The molecule has 2 rings (SSSR count). The van der Waals surface area contributed by atoms with E-state index in [1.807, 2.05) is 40.8 Å². The Kier molecular flexibility index (Phi) is 5.27. The Balaban J connectivity index is 2.25. The van der Waals surface area contributed by atoms with Crippen LogP contribution in [0.3, 0.4) is 0 Å². The molecule has 6 heteroatoms. The van der Waals surface area contributed by atoms with Gasteiger partial charge in [0.05, 0.1) is 17.8 Å². The molecule has 0 spiro atoms. The Morgan fingerprint density at radius 3 is 2.41 bits per heavy atom. The van der Waals surface area contributed by atoms with Crippen LogP contribution >= 0.6 is 0 Å². The van der Waals surface area contributed by atoms with Gasteiger partial charge in [0, 0.05) is 30.4 Å². The van der Waals surface area contributed by atoms with Crippen molar-refractivity contribution >= 4 is 12.6 Å². The smallest absolute Gasteiger partial charge is 0.399 e. The van der Waals surface area contributed by atoms with Crippen LogP contribution in [0.4, 0.5) is 0 Å². The van der Waals surface area contributed by atoms with Gasteiger partial charge in [-0.3, -0.25) is 4.98 Å². The zero-order valence-corrected chi connectivity index (χ0v) is 14.3. The molecule has 1 aliphatic heterocycles. The number of nitrogens with zero attached hydrogens (tertiary/aromatic N) is 1.